The molecule has 142 valence electrons. The van der Waals surface area contributed by atoms with Crippen LogP contribution in [0.5, 0.6) is 5.75 Å². The van der Waals surface area contributed by atoms with E-state index in [9.17, 15) is 9.59 Å². The normalized spacial score (nSPS) is 28.0. The lowest BCUT2D eigenvalue weighted by atomic mass is 9.70. The van der Waals surface area contributed by atoms with Gasteiger partial charge >= 0.3 is 0 Å². The Hall–Kier alpha value is -2.04. The van der Waals surface area contributed by atoms with Gasteiger partial charge in [0.25, 0.3) is 5.91 Å². The van der Waals surface area contributed by atoms with Gasteiger partial charge in [-0.05, 0) is 56.1 Å². The minimum absolute atomic E-state index is 0.0280. The second-order valence-electron chi connectivity index (χ2n) is 7.72. The predicted octanol–water partition coefficient (Wildman–Crippen LogP) is 2.96. The minimum atomic E-state index is -0.0936. The van der Waals surface area contributed by atoms with E-state index >= 15 is 0 Å². The van der Waals surface area contributed by atoms with E-state index in [1.807, 2.05) is 31.2 Å². The van der Waals surface area contributed by atoms with E-state index in [1.165, 1.54) is 0 Å². The topological polar surface area (TPSA) is 67.4 Å². The van der Waals surface area contributed by atoms with Crippen LogP contribution in [0.1, 0.15) is 51.0 Å². The van der Waals surface area contributed by atoms with Crippen LogP contribution in [-0.4, -0.2) is 30.5 Å². The SMILES string of the molecule is CCCC1CC(=O)NC2CC(NC(=O)COc3ccccc3C)CCC12. The molecule has 4 unspecified atom stereocenters. The Bertz CT molecular complexity index is 646. The van der Waals surface area contributed by atoms with Crippen LogP contribution < -0.4 is 15.4 Å². The van der Waals surface area contributed by atoms with Crippen LogP contribution in [0.15, 0.2) is 24.3 Å². The van der Waals surface area contributed by atoms with Crippen molar-refractivity contribution in [2.75, 3.05) is 6.61 Å². The van der Waals surface area contributed by atoms with Gasteiger partial charge in [0.2, 0.25) is 5.91 Å². The number of hydrogen-bond donors (Lipinski definition) is 2. The van der Waals surface area contributed by atoms with Crippen LogP contribution >= 0.6 is 0 Å². The zero-order valence-electron chi connectivity index (χ0n) is 15.8. The van der Waals surface area contributed by atoms with Crippen molar-refractivity contribution in [3.05, 3.63) is 29.8 Å². The number of nitrogens with one attached hydrogen (secondary N) is 2. The first-order chi connectivity index (χ1) is 12.6. The van der Waals surface area contributed by atoms with Gasteiger partial charge in [-0.1, -0.05) is 31.5 Å². The molecule has 1 heterocycles. The monoisotopic (exact) mass is 358 g/mol. The van der Waals surface area contributed by atoms with Crippen LogP contribution in [0.4, 0.5) is 0 Å². The van der Waals surface area contributed by atoms with Gasteiger partial charge in [0.05, 0.1) is 0 Å². The minimum Gasteiger partial charge on any atom is -0.484 e. The maximum Gasteiger partial charge on any atom is 0.258 e. The highest BCUT2D eigenvalue weighted by Gasteiger charge is 2.40. The van der Waals surface area contributed by atoms with E-state index in [-0.39, 0.29) is 30.5 Å². The number of benzene rings is 1. The Labute approximate surface area is 155 Å². The third-order valence-corrected chi connectivity index (χ3v) is 5.78. The molecule has 0 spiro atoms. The zero-order valence-corrected chi connectivity index (χ0v) is 15.8. The first-order valence-electron chi connectivity index (χ1n) is 9.84. The van der Waals surface area contributed by atoms with E-state index in [0.717, 1.165) is 43.4 Å². The van der Waals surface area contributed by atoms with Gasteiger partial charge in [-0.15, -0.1) is 0 Å². The Morgan fingerprint density at radius 2 is 2.12 bits per heavy atom. The maximum absolute atomic E-state index is 12.3. The number of rotatable bonds is 6. The summed E-state index contributed by atoms with van der Waals surface area (Å²) in [6.07, 6.45) is 5.78. The number of amides is 2. The van der Waals surface area contributed by atoms with Gasteiger partial charge in [-0.3, -0.25) is 9.59 Å². The van der Waals surface area contributed by atoms with E-state index < -0.39 is 0 Å². The third kappa shape index (κ3) is 4.57. The lowest BCUT2D eigenvalue weighted by molar-refractivity contribution is -0.127. The van der Waals surface area contributed by atoms with Gasteiger partial charge in [-0.2, -0.15) is 0 Å². The van der Waals surface area contributed by atoms with Gasteiger partial charge in [-0.25, -0.2) is 0 Å². The average molecular weight is 358 g/mol. The molecule has 1 aromatic rings. The van der Waals surface area contributed by atoms with Gasteiger partial charge in [0.15, 0.2) is 6.61 Å². The van der Waals surface area contributed by atoms with Gasteiger partial charge in [0, 0.05) is 18.5 Å². The molecule has 2 fully saturated rings. The predicted molar refractivity (Wildman–Crippen MR) is 101 cm³/mol. The molecule has 2 amide bonds. The number of ether oxygens (including phenoxy) is 1. The van der Waals surface area contributed by atoms with Crippen LogP contribution in [0.2, 0.25) is 0 Å². The number of para-hydroxylation sites is 1. The molecule has 1 aliphatic heterocycles. The summed E-state index contributed by atoms with van der Waals surface area (Å²) in [5.74, 6) is 1.88. The summed E-state index contributed by atoms with van der Waals surface area (Å²) in [5.41, 5.74) is 1.02. The van der Waals surface area contributed by atoms with Crippen molar-refractivity contribution in [3.63, 3.8) is 0 Å². The number of aryl methyl sites for hydroxylation is 1. The molecule has 2 aliphatic rings. The second kappa shape index (κ2) is 8.56. The second-order valence-corrected chi connectivity index (χ2v) is 7.72. The first-order valence-corrected chi connectivity index (χ1v) is 9.84. The quantitative estimate of drug-likeness (QED) is 0.821. The molecule has 1 aliphatic carbocycles. The summed E-state index contributed by atoms with van der Waals surface area (Å²) >= 11 is 0. The highest BCUT2D eigenvalue weighted by Crippen LogP contribution is 2.37. The molecular formula is C21H30N2O3. The molecule has 1 aromatic carbocycles. The van der Waals surface area contributed by atoms with Crippen LogP contribution in [0.3, 0.4) is 0 Å². The molecule has 1 saturated heterocycles. The molecule has 3 rings (SSSR count). The maximum atomic E-state index is 12.3. The third-order valence-electron chi connectivity index (χ3n) is 5.78. The van der Waals surface area contributed by atoms with Crippen molar-refractivity contribution in [3.8, 4) is 5.75 Å². The number of fused-ring (bicyclic) bond motifs is 1. The molecule has 4 atom stereocenters. The molecule has 1 saturated carbocycles. The highest BCUT2D eigenvalue weighted by atomic mass is 16.5. The van der Waals surface area contributed by atoms with E-state index in [4.69, 9.17) is 4.74 Å². The Balaban J connectivity index is 1.50. The Kier molecular flexibility index (Phi) is 6.17. The van der Waals surface area contributed by atoms with Crippen molar-refractivity contribution >= 4 is 11.8 Å². The molecule has 26 heavy (non-hydrogen) atoms. The van der Waals surface area contributed by atoms with E-state index in [0.29, 0.717) is 18.3 Å². The first kappa shape index (κ1) is 18.7. The van der Waals surface area contributed by atoms with Crippen LogP contribution in [0, 0.1) is 18.8 Å². The lowest BCUT2D eigenvalue weighted by Crippen LogP contribution is -2.55. The number of piperidine rings is 1. The van der Waals surface area contributed by atoms with Gasteiger partial charge < -0.3 is 15.4 Å². The summed E-state index contributed by atoms with van der Waals surface area (Å²) in [5, 5.41) is 6.24. The van der Waals surface area contributed by atoms with Crippen molar-refractivity contribution in [1.29, 1.82) is 0 Å². The number of carbonyl (C=O) groups is 2. The van der Waals surface area contributed by atoms with Crippen LogP contribution in [0.25, 0.3) is 0 Å². The molecule has 5 heteroatoms. The van der Waals surface area contributed by atoms with Crippen molar-refractivity contribution in [2.24, 2.45) is 11.8 Å². The lowest BCUT2D eigenvalue weighted by Gasteiger charge is -2.44. The van der Waals surface area contributed by atoms with Crippen molar-refractivity contribution in [2.45, 2.75) is 64.5 Å². The van der Waals surface area contributed by atoms with Crippen LogP contribution in [-0.2, 0) is 9.59 Å². The molecular weight excluding hydrogens is 328 g/mol. The van der Waals surface area contributed by atoms with Gasteiger partial charge in [0.1, 0.15) is 5.75 Å². The molecule has 5 nitrogen and oxygen atoms in total. The summed E-state index contributed by atoms with van der Waals surface area (Å²) in [7, 11) is 0. The molecule has 2 N–H and O–H groups in total. The fourth-order valence-electron chi connectivity index (χ4n) is 4.53. The van der Waals surface area contributed by atoms with E-state index in [2.05, 4.69) is 17.6 Å². The fraction of sp³-hybridized carbons (Fsp3) is 0.619. The van der Waals surface area contributed by atoms with E-state index in [1.54, 1.807) is 0 Å². The zero-order chi connectivity index (χ0) is 18.5. The molecule has 0 bridgehead atoms. The van der Waals surface area contributed by atoms with Crippen molar-refractivity contribution < 1.29 is 14.3 Å². The number of carbonyl (C=O) groups excluding carboxylic acids is 2. The summed E-state index contributed by atoms with van der Waals surface area (Å²) in [6, 6.07) is 8.01. The highest BCUT2D eigenvalue weighted by molar-refractivity contribution is 5.78. The average Bonchev–Trinajstić information content (AvgIpc) is 2.61. The number of hydrogen-bond acceptors (Lipinski definition) is 3. The smallest absolute Gasteiger partial charge is 0.258 e. The van der Waals surface area contributed by atoms with Crippen molar-refractivity contribution in [1.82, 2.24) is 10.6 Å². The summed E-state index contributed by atoms with van der Waals surface area (Å²) in [6.45, 7) is 4.18. The standard InChI is InChI=1S/C21H30N2O3/c1-3-6-15-11-20(24)23-18-12-16(9-10-17(15)18)22-21(25)13-26-19-8-5-4-7-14(19)2/h4-5,7-8,15-18H,3,6,9-13H2,1-2H3,(H,22,25)(H,23,24). The summed E-state index contributed by atoms with van der Waals surface area (Å²) in [4.78, 5) is 24.3. The Morgan fingerprint density at radius 3 is 2.88 bits per heavy atom. The summed E-state index contributed by atoms with van der Waals surface area (Å²) < 4.78 is 5.63. The fourth-order valence-corrected chi connectivity index (χ4v) is 4.53. The Morgan fingerprint density at radius 1 is 1.31 bits per heavy atom. The molecule has 0 radical (unpaired) electrons. The molecule has 0 aromatic heterocycles. The largest absolute Gasteiger partial charge is 0.484 e.